The van der Waals surface area contributed by atoms with Gasteiger partial charge in [-0.05, 0) is 38.6 Å². The minimum Gasteiger partial charge on any atom is -0.394 e. The van der Waals surface area contributed by atoms with E-state index in [4.69, 9.17) is 22.0 Å². The van der Waals surface area contributed by atoms with Crippen molar-refractivity contribution in [2.24, 2.45) is 11.5 Å². The number of unbranched alkanes of at least 4 members (excludes halogenated alkanes) is 12. The minimum atomic E-state index is -1.34. The minimum absolute atomic E-state index is 0.0321. The molecule has 0 saturated carbocycles. The van der Waals surface area contributed by atoms with E-state index in [-0.39, 0.29) is 24.3 Å². The molecule has 0 aromatic heterocycles. The summed E-state index contributed by atoms with van der Waals surface area (Å²) in [6.45, 7) is 2.29. The molecular formula is C28H57N5O4. The van der Waals surface area contributed by atoms with Gasteiger partial charge in [-0.25, -0.2) is 0 Å². The Morgan fingerprint density at radius 2 is 1.24 bits per heavy atom. The monoisotopic (exact) mass is 527 g/mol. The summed E-state index contributed by atoms with van der Waals surface area (Å²) < 4.78 is 0. The van der Waals surface area contributed by atoms with Crippen molar-refractivity contribution in [1.82, 2.24) is 10.6 Å². The number of nitrogens with two attached hydrogens (primary N) is 2. The largest absolute Gasteiger partial charge is 0.394 e. The molecule has 0 aliphatic rings. The maximum atomic E-state index is 12.5. The van der Waals surface area contributed by atoms with Gasteiger partial charge in [0.1, 0.15) is 6.23 Å². The number of nitrogens with one attached hydrogen (secondary N) is 3. The number of hydrogen-bond donors (Lipinski definition) is 7. The molecular weight excluding hydrogens is 470 g/mol. The number of aliphatic hydroxyl groups excluding tert-OH is 2. The molecule has 0 radical (unpaired) electrons. The van der Waals surface area contributed by atoms with Crippen LogP contribution in [0.15, 0.2) is 0 Å². The lowest BCUT2D eigenvalue weighted by Gasteiger charge is -2.21. The smallest absolute Gasteiger partial charge is 0.220 e. The lowest BCUT2D eigenvalue weighted by Crippen LogP contribution is -2.49. The highest BCUT2D eigenvalue weighted by Gasteiger charge is 2.19. The Hall–Kier alpha value is -1.55. The second kappa shape index (κ2) is 24.8. The van der Waals surface area contributed by atoms with Crippen LogP contribution in [0.2, 0.25) is 0 Å². The molecule has 0 aliphatic carbocycles. The van der Waals surface area contributed by atoms with E-state index in [9.17, 15) is 14.7 Å². The number of hydrogen-bond acceptors (Lipinski definition) is 7. The van der Waals surface area contributed by atoms with Gasteiger partial charge >= 0.3 is 0 Å². The number of amides is 2. The van der Waals surface area contributed by atoms with Gasteiger partial charge in [-0.15, -0.1) is 0 Å². The van der Waals surface area contributed by atoms with Crippen molar-refractivity contribution >= 4 is 17.5 Å². The topological polar surface area (TPSA) is 175 Å². The summed E-state index contributed by atoms with van der Waals surface area (Å²) in [5, 5.41) is 32.3. The van der Waals surface area contributed by atoms with E-state index in [1.807, 2.05) is 0 Å². The number of carbonyl (C=O) groups excluding carboxylic acids is 2. The Morgan fingerprint density at radius 3 is 1.73 bits per heavy atom. The third-order valence-corrected chi connectivity index (χ3v) is 6.77. The third kappa shape index (κ3) is 21.1. The van der Waals surface area contributed by atoms with E-state index in [0.29, 0.717) is 44.4 Å². The zero-order valence-corrected chi connectivity index (χ0v) is 23.4. The molecule has 2 amide bonds. The average molecular weight is 528 g/mol. The molecule has 0 aromatic rings. The second-order valence-electron chi connectivity index (χ2n) is 10.3. The molecule has 0 bridgehead atoms. The number of aliphatic hydroxyl groups is 2. The molecule has 3 unspecified atom stereocenters. The Bertz CT molecular complexity index is 589. The molecule has 0 aromatic carbocycles. The lowest BCUT2D eigenvalue weighted by atomic mass is 10.00. The third-order valence-electron chi connectivity index (χ3n) is 6.77. The van der Waals surface area contributed by atoms with Crippen molar-refractivity contribution in [2.75, 3.05) is 13.2 Å². The van der Waals surface area contributed by atoms with Gasteiger partial charge in [0.25, 0.3) is 0 Å². The van der Waals surface area contributed by atoms with Crippen LogP contribution in [0.5, 0.6) is 0 Å². The summed E-state index contributed by atoms with van der Waals surface area (Å²) in [6, 6.07) is -1.27. The Balaban J connectivity index is 4.04. The second-order valence-corrected chi connectivity index (χ2v) is 10.3. The van der Waals surface area contributed by atoms with E-state index in [1.54, 1.807) is 0 Å². The predicted molar refractivity (Wildman–Crippen MR) is 151 cm³/mol. The highest BCUT2D eigenvalue weighted by Crippen LogP contribution is 2.13. The van der Waals surface area contributed by atoms with E-state index in [2.05, 4.69) is 17.6 Å². The summed E-state index contributed by atoms with van der Waals surface area (Å²) in [4.78, 5) is 24.4. The molecule has 0 fully saturated rings. The standard InChI is InChI=1S/C28H57N5O4/c1-2-3-4-5-6-7-8-9-10-11-12-13-14-19-26(35)32-24(18-16-21-29)23(30)17-15-20-27(36)33-25(22-34)28(31)37/h24-25,28,30,34,37H,2-22,29,31H2,1H3,(H,32,35)(H,33,36). The van der Waals surface area contributed by atoms with Crippen LogP contribution in [-0.2, 0) is 9.59 Å². The van der Waals surface area contributed by atoms with Crippen molar-refractivity contribution < 1.29 is 19.8 Å². The fourth-order valence-corrected chi connectivity index (χ4v) is 4.36. The highest BCUT2D eigenvalue weighted by atomic mass is 16.3. The zero-order chi connectivity index (χ0) is 27.7. The summed E-state index contributed by atoms with van der Waals surface area (Å²) in [5.74, 6) is -0.378. The van der Waals surface area contributed by atoms with Gasteiger partial charge in [0.2, 0.25) is 11.8 Å². The quantitative estimate of drug-likeness (QED) is 0.0513. The maximum Gasteiger partial charge on any atom is 0.220 e. The number of carbonyl (C=O) groups is 2. The van der Waals surface area contributed by atoms with Crippen LogP contribution < -0.4 is 22.1 Å². The van der Waals surface area contributed by atoms with Crippen LogP contribution in [0, 0.1) is 5.41 Å². The van der Waals surface area contributed by atoms with Crippen molar-refractivity contribution in [2.45, 2.75) is 147 Å². The normalized spacial score (nSPS) is 13.6. The molecule has 9 nitrogen and oxygen atoms in total. The lowest BCUT2D eigenvalue weighted by molar-refractivity contribution is -0.123. The van der Waals surface area contributed by atoms with Gasteiger partial charge < -0.3 is 37.7 Å². The molecule has 0 aliphatic heterocycles. The fraction of sp³-hybridized carbons (Fsp3) is 0.893. The fourth-order valence-electron chi connectivity index (χ4n) is 4.36. The van der Waals surface area contributed by atoms with Gasteiger partial charge in [-0.1, -0.05) is 84.0 Å². The van der Waals surface area contributed by atoms with E-state index < -0.39 is 18.9 Å². The van der Waals surface area contributed by atoms with Gasteiger partial charge in [0.15, 0.2) is 0 Å². The summed E-state index contributed by atoms with van der Waals surface area (Å²) in [7, 11) is 0. The summed E-state index contributed by atoms with van der Waals surface area (Å²) in [5.41, 5.74) is 11.3. The van der Waals surface area contributed by atoms with Crippen LogP contribution in [-0.4, -0.2) is 59.2 Å². The van der Waals surface area contributed by atoms with Crippen LogP contribution in [0.3, 0.4) is 0 Å². The van der Waals surface area contributed by atoms with Gasteiger partial charge in [-0.3, -0.25) is 9.59 Å². The Kier molecular flexibility index (Phi) is 23.7. The first-order valence-corrected chi connectivity index (χ1v) is 14.8. The van der Waals surface area contributed by atoms with E-state index in [0.717, 1.165) is 19.3 Å². The first-order valence-electron chi connectivity index (χ1n) is 14.8. The maximum absolute atomic E-state index is 12.5. The molecule has 9 heteroatoms. The predicted octanol–water partition coefficient (Wildman–Crippen LogP) is 3.64. The van der Waals surface area contributed by atoms with Crippen LogP contribution in [0.4, 0.5) is 0 Å². The molecule has 3 atom stereocenters. The number of rotatable bonds is 26. The SMILES string of the molecule is CCCCCCCCCCCCCCCC(=O)NC(CCCN)C(=N)CCCC(=O)NC(CO)C(N)O. The van der Waals surface area contributed by atoms with E-state index in [1.165, 1.54) is 64.2 Å². The summed E-state index contributed by atoms with van der Waals surface area (Å²) in [6.07, 6.45) is 17.8. The first kappa shape index (κ1) is 35.5. The van der Waals surface area contributed by atoms with Crippen LogP contribution in [0.1, 0.15) is 129 Å². The highest BCUT2D eigenvalue weighted by molar-refractivity contribution is 5.91. The molecule has 218 valence electrons. The van der Waals surface area contributed by atoms with Gasteiger partial charge in [0.05, 0.1) is 18.7 Å². The first-order chi connectivity index (χ1) is 17.8. The molecule has 0 spiro atoms. The van der Waals surface area contributed by atoms with Gasteiger partial charge in [0, 0.05) is 18.6 Å². The molecule has 37 heavy (non-hydrogen) atoms. The van der Waals surface area contributed by atoms with Crippen molar-refractivity contribution in [1.29, 1.82) is 5.41 Å². The van der Waals surface area contributed by atoms with E-state index >= 15 is 0 Å². The van der Waals surface area contributed by atoms with Gasteiger partial charge in [-0.2, -0.15) is 0 Å². The molecule has 0 rings (SSSR count). The Labute approximate surface area is 225 Å². The molecule has 0 saturated heterocycles. The van der Waals surface area contributed by atoms with Crippen LogP contribution in [0.25, 0.3) is 0 Å². The summed E-state index contributed by atoms with van der Waals surface area (Å²) >= 11 is 0. The van der Waals surface area contributed by atoms with Crippen molar-refractivity contribution in [3.05, 3.63) is 0 Å². The average Bonchev–Trinajstić information content (AvgIpc) is 2.87. The Morgan fingerprint density at radius 1 is 0.757 bits per heavy atom. The van der Waals surface area contributed by atoms with Crippen LogP contribution >= 0.6 is 0 Å². The zero-order valence-electron chi connectivity index (χ0n) is 23.4. The molecule has 0 heterocycles. The van der Waals surface area contributed by atoms with Crippen molar-refractivity contribution in [3.63, 3.8) is 0 Å². The molecule has 9 N–H and O–H groups in total. The van der Waals surface area contributed by atoms with Crippen molar-refractivity contribution in [3.8, 4) is 0 Å².